The van der Waals surface area contributed by atoms with Crippen LogP contribution in [0.25, 0.3) is 0 Å². The minimum Gasteiger partial charge on any atom is -0.478 e. The molecule has 0 aromatic carbocycles. The van der Waals surface area contributed by atoms with Gasteiger partial charge >= 0.3 is 23.1 Å². The van der Waals surface area contributed by atoms with Crippen LogP contribution in [0.4, 0.5) is 0 Å². The summed E-state index contributed by atoms with van der Waals surface area (Å²) in [6, 6.07) is 0. The van der Waals surface area contributed by atoms with Gasteiger partial charge in [-0.1, -0.05) is 6.58 Å². The molecule has 0 aromatic rings. The Labute approximate surface area is 134 Å². The van der Waals surface area contributed by atoms with Crippen LogP contribution in [0.15, 0.2) is 12.7 Å². The third kappa shape index (κ3) is 17.9. The molecule has 0 fully saturated rings. The standard InChI is InChI=1S/C9H28O3Si4.C3H4O2/c1-13(2)10-15(6,7)12-16(8,9)11-14(3,4)5;1-2-3(4)5/h13H,1-9H3;2H,1H2,(H,4,5). The first kappa shape index (κ1) is 23.2. The van der Waals surface area contributed by atoms with E-state index >= 15 is 0 Å². The molecule has 21 heavy (non-hydrogen) atoms. The first-order valence-corrected chi connectivity index (χ1v) is 18.9. The molecule has 5 nitrogen and oxygen atoms in total. The quantitative estimate of drug-likeness (QED) is 0.550. The maximum atomic E-state index is 9.25. The number of carboxylic acids is 1. The molecule has 0 saturated heterocycles. The van der Waals surface area contributed by atoms with E-state index in [1.54, 1.807) is 0 Å². The summed E-state index contributed by atoms with van der Waals surface area (Å²) in [5.41, 5.74) is 0. The highest BCUT2D eigenvalue weighted by Gasteiger charge is 2.39. The van der Waals surface area contributed by atoms with E-state index in [-0.39, 0.29) is 0 Å². The molecular weight excluding hydrogens is 336 g/mol. The van der Waals surface area contributed by atoms with Gasteiger partial charge in [-0.15, -0.1) is 0 Å². The lowest BCUT2D eigenvalue weighted by molar-refractivity contribution is -0.131. The van der Waals surface area contributed by atoms with Crippen LogP contribution in [0.1, 0.15) is 0 Å². The van der Waals surface area contributed by atoms with Crippen molar-refractivity contribution in [3.8, 4) is 0 Å². The van der Waals surface area contributed by atoms with Crippen LogP contribution in [0.2, 0.25) is 58.9 Å². The van der Waals surface area contributed by atoms with Gasteiger partial charge in [0.25, 0.3) is 0 Å². The van der Waals surface area contributed by atoms with Crippen molar-refractivity contribution < 1.29 is 22.2 Å². The summed E-state index contributed by atoms with van der Waals surface area (Å²) >= 11 is 0. The predicted octanol–water partition coefficient (Wildman–Crippen LogP) is 3.52. The summed E-state index contributed by atoms with van der Waals surface area (Å²) in [7, 11) is -6.54. The van der Waals surface area contributed by atoms with Crippen LogP contribution < -0.4 is 0 Å². The summed E-state index contributed by atoms with van der Waals surface area (Å²) in [6.07, 6.45) is 0.833. The fraction of sp³-hybridized carbons (Fsp3) is 0.750. The van der Waals surface area contributed by atoms with E-state index in [9.17, 15) is 4.79 Å². The molecule has 126 valence electrons. The van der Waals surface area contributed by atoms with Gasteiger partial charge in [-0.25, -0.2) is 4.79 Å². The highest BCUT2D eigenvalue weighted by molar-refractivity contribution is 6.87. The van der Waals surface area contributed by atoms with Crippen LogP contribution >= 0.6 is 0 Å². The molecule has 0 spiro atoms. The Balaban J connectivity index is 0. The highest BCUT2D eigenvalue weighted by atomic mass is 28.5. The van der Waals surface area contributed by atoms with Crippen LogP contribution in [-0.2, 0) is 17.1 Å². The Kier molecular flexibility index (Phi) is 10.1. The molecule has 0 unspecified atom stereocenters. The molecule has 0 aromatic heterocycles. The number of hydrogen-bond acceptors (Lipinski definition) is 4. The molecule has 0 heterocycles. The summed E-state index contributed by atoms with van der Waals surface area (Å²) in [5.74, 6) is -0.981. The molecule has 0 bridgehead atoms. The van der Waals surface area contributed by atoms with Gasteiger partial charge in [0.05, 0.1) is 0 Å². The minimum absolute atomic E-state index is 0.833. The molecule has 0 saturated carbocycles. The maximum absolute atomic E-state index is 9.25. The summed E-state index contributed by atoms with van der Waals surface area (Å²) in [6.45, 7) is 22.5. The zero-order chi connectivity index (χ0) is 17.5. The van der Waals surface area contributed by atoms with Crippen LogP contribution in [0, 0.1) is 0 Å². The Morgan fingerprint density at radius 2 is 1.38 bits per heavy atom. The number of hydrogen-bond donors (Lipinski definition) is 1. The number of rotatable bonds is 7. The molecule has 0 atom stereocenters. The second-order valence-electron chi connectivity index (χ2n) is 6.83. The van der Waals surface area contributed by atoms with E-state index in [4.69, 9.17) is 17.5 Å². The van der Waals surface area contributed by atoms with Crippen LogP contribution in [-0.4, -0.2) is 45.6 Å². The molecule has 1 N–H and O–H groups in total. The van der Waals surface area contributed by atoms with E-state index in [0.717, 1.165) is 6.08 Å². The zero-order valence-corrected chi connectivity index (χ0v) is 19.1. The van der Waals surface area contributed by atoms with Crippen molar-refractivity contribution >= 4 is 40.4 Å². The smallest absolute Gasteiger partial charge is 0.327 e. The van der Waals surface area contributed by atoms with Gasteiger partial charge in [0.2, 0.25) is 0 Å². The first-order chi connectivity index (χ1) is 9.10. The lowest BCUT2D eigenvalue weighted by Crippen LogP contribution is -2.53. The third-order valence-electron chi connectivity index (χ3n) is 1.74. The molecule has 0 rings (SSSR count). The fourth-order valence-corrected chi connectivity index (χ4v) is 18.3. The molecule has 9 heteroatoms. The van der Waals surface area contributed by atoms with Gasteiger partial charge in [-0.3, -0.25) is 0 Å². The Morgan fingerprint density at radius 3 is 1.62 bits per heavy atom. The number of aliphatic carboxylic acids is 1. The lowest BCUT2D eigenvalue weighted by atomic mass is 10.7. The van der Waals surface area contributed by atoms with Crippen LogP contribution in [0.3, 0.4) is 0 Å². The van der Waals surface area contributed by atoms with E-state index in [2.05, 4.69) is 65.5 Å². The monoisotopic (exact) mass is 368 g/mol. The average molecular weight is 369 g/mol. The van der Waals surface area contributed by atoms with Crippen molar-refractivity contribution in [3.05, 3.63) is 12.7 Å². The van der Waals surface area contributed by atoms with Crippen molar-refractivity contribution in [1.29, 1.82) is 0 Å². The van der Waals surface area contributed by atoms with Crippen LogP contribution in [0.5, 0.6) is 0 Å². The van der Waals surface area contributed by atoms with Gasteiger partial charge in [0.1, 0.15) is 0 Å². The Hall–Kier alpha value is -0.0425. The molecular formula is C12H32O5Si4. The molecule has 0 radical (unpaired) electrons. The average Bonchev–Trinajstić information content (AvgIpc) is 2.09. The topological polar surface area (TPSA) is 65.0 Å². The first-order valence-electron chi connectivity index (χ1n) is 7.04. The molecule has 0 amide bonds. The Morgan fingerprint density at radius 1 is 1.00 bits per heavy atom. The van der Waals surface area contributed by atoms with Gasteiger partial charge in [0, 0.05) is 6.08 Å². The highest BCUT2D eigenvalue weighted by Crippen LogP contribution is 2.21. The van der Waals surface area contributed by atoms with Crippen molar-refractivity contribution in [3.63, 3.8) is 0 Å². The van der Waals surface area contributed by atoms with Gasteiger partial charge < -0.3 is 17.5 Å². The zero-order valence-electron chi connectivity index (χ0n) is 14.9. The number of carbonyl (C=O) groups is 1. The minimum atomic E-state index is -2.02. The second-order valence-corrected chi connectivity index (χ2v) is 21.3. The normalized spacial score (nSPS) is 12.7. The van der Waals surface area contributed by atoms with Crippen molar-refractivity contribution in [2.45, 2.75) is 58.9 Å². The SMILES string of the molecule is C=CC(=O)O.C[SiH](C)O[Si](C)(C)O[Si](C)(C)O[Si](C)(C)C. The Bertz CT molecular complexity index is 337. The van der Waals surface area contributed by atoms with Gasteiger partial charge in [-0.2, -0.15) is 0 Å². The van der Waals surface area contributed by atoms with E-state index < -0.39 is 40.4 Å². The summed E-state index contributed by atoms with van der Waals surface area (Å²) < 4.78 is 18.4. The van der Waals surface area contributed by atoms with Gasteiger partial charge in [-0.05, 0) is 58.9 Å². The predicted molar refractivity (Wildman–Crippen MR) is 98.3 cm³/mol. The third-order valence-corrected chi connectivity index (χ3v) is 14.2. The molecule has 0 aliphatic rings. The second kappa shape index (κ2) is 9.18. The van der Waals surface area contributed by atoms with E-state index in [1.807, 2.05) is 0 Å². The maximum Gasteiger partial charge on any atom is 0.327 e. The van der Waals surface area contributed by atoms with Crippen molar-refractivity contribution in [1.82, 2.24) is 0 Å². The van der Waals surface area contributed by atoms with E-state index in [0.29, 0.717) is 0 Å². The van der Waals surface area contributed by atoms with Crippen molar-refractivity contribution in [2.75, 3.05) is 0 Å². The van der Waals surface area contributed by atoms with E-state index in [1.165, 1.54) is 0 Å². The van der Waals surface area contributed by atoms with Crippen molar-refractivity contribution in [2.24, 2.45) is 0 Å². The fourth-order valence-electron chi connectivity index (χ4n) is 1.94. The largest absolute Gasteiger partial charge is 0.478 e. The summed E-state index contributed by atoms with van der Waals surface area (Å²) in [5, 5.41) is 7.60. The molecule has 0 aliphatic carbocycles. The molecule has 0 aliphatic heterocycles. The van der Waals surface area contributed by atoms with Gasteiger partial charge in [0.15, 0.2) is 17.4 Å². The summed E-state index contributed by atoms with van der Waals surface area (Å²) in [4.78, 5) is 9.25. The number of carboxylic acid groups (broad SMARTS) is 1. The lowest BCUT2D eigenvalue weighted by Gasteiger charge is -2.37.